The van der Waals surface area contributed by atoms with E-state index in [4.69, 9.17) is 5.11 Å². The van der Waals surface area contributed by atoms with E-state index >= 15 is 0 Å². The van der Waals surface area contributed by atoms with Crippen molar-refractivity contribution in [3.8, 4) is 5.69 Å². The van der Waals surface area contributed by atoms with Crippen LogP contribution in [-0.4, -0.2) is 44.8 Å². The summed E-state index contributed by atoms with van der Waals surface area (Å²) in [4.78, 5) is 25.2. The highest BCUT2D eigenvalue weighted by Crippen LogP contribution is 2.15. The Labute approximate surface area is 148 Å². The first kappa shape index (κ1) is 18.7. The molecule has 25 heavy (non-hydrogen) atoms. The first-order valence-electron chi connectivity index (χ1n) is 8.42. The normalized spacial score (nSPS) is 10.9. The van der Waals surface area contributed by atoms with Gasteiger partial charge in [0.25, 0.3) is 5.91 Å². The molecule has 1 aromatic heterocycles. The minimum absolute atomic E-state index is 0.0533. The fraction of sp³-hybridized carbons (Fsp3) is 0.421. The molecule has 6 nitrogen and oxygen atoms in total. The fourth-order valence-corrected chi connectivity index (χ4v) is 2.77. The van der Waals surface area contributed by atoms with Gasteiger partial charge in [0.2, 0.25) is 0 Å². The third-order valence-corrected chi connectivity index (χ3v) is 3.84. The number of aliphatic carboxylic acids is 1. The zero-order valence-electron chi connectivity index (χ0n) is 15.2. The summed E-state index contributed by atoms with van der Waals surface area (Å²) < 4.78 is 1.83. The Morgan fingerprint density at radius 1 is 1.20 bits per heavy atom. The number of carbonyl (C=O) groups is 2. The van der Waals surface area contributed by atoms with E-state index in [1.54, 1.807) is 17.0 Å². The highest BCUT2D eigenvalue weighted by atomic mass is 16.4. The van der Waals surface area contributed by atoms with Crippen molar-refractivity contribution in [3.05, 3.63) is 47.3 Å². The largest absolute Gasteiger partial charge is 0.481 e. The van der Waals surface area contributed by atoms with Crippen molar-refractivity contribution >= 4 is 11.9 Å². The van der Waals surface area contributed by atoms with Crippen LogP contribution in [0.5, 0.6) is 0 Å². The molecule has 0 aliphatic carbocycles. The van der Waals surface area contributed by atoms with Crippen LogP contribution < -0.4 is 0 Å². The molecule has 1 aromatic carbocycles. The van der Waals surface area contributed by atoms with E-state index in [1.165, 1.54) is 0 Å². The minimum atomic E-state index is -0.901. The lowest BCUT2D eigenvalue weighted by atomic mass is 10.1. The molecule has 0 aliphatic heterocycles. The first-order valence-corrected chi connectivity index (χ1v) is 8.42. The van der Waals surface area contributed by atoms with Gasteiger partial charge in [-0.1, -0.05) is 13.8 Å². The number of aromatic nitrogens is 2. The minimum Gasteiger partial charge on any atom is -0.481 e. The van der Waals surface area contributed by atoms with E-state index in [0.29, 0.717) is 12.1 Å². The van der Waals surface area contributed by atoms with Gasteiger partial charge in [-0.2, -0.15) is 5.10 Å². The van der Waals surface area contributed by atoms with Gasteiger partial charge in [-0.3, -0.25) is 9.59 Å². The molecule has 1 amide bonds. The molecular weight excluding hydrogens is 318 g/mol. The number of amides is 1. The molecule has 0 radical (unpaired) electrons. The average Bonchev–Trinajstić information content (AvgIpc) is 2.89. The lowest BCUT2D eigenvalue weighted by Crippen LogP contribution is -2.36. The zero-order valence-corrected chi connectivity index (χ0v) is 15.2. The number of benzene rings is 1. The molecule has 0 unspecified atom stereocenters. The van der Waals surface area contributed by atoms with Gasteiger partial charge >= 0.3 is 5.97 Å². The number of hydrogen-bond acceptors (Lipinski definition) is 3. The lowest BCUT2D eigenvalue weighted by molar-refractivity contribution is -0.137. The molecule has 1 heterocycles. The maximum atomic E-state index is 12.7. The highest BCUT2D eigenvalue weighted by Gasteiger charge is 2.18. The summed E-state index contributed by atoms with van der Waals surface area (Å²) in [5.74, 6) is -0.775. The number of hydrogen-bond donors (Lipinski definition) is 1. The Morgan fingerprint density at radius 2 is 1.84 bits per heavy atom. The van der Waals surface area contributed by atoms with Crippen LogP contribution in [0.1, 0.15) is 42.0 Å². The number of aryl methyl sites for hydroxylation is 2. The summed E-state index contributed by atoms with van der Waals surface area (Å²) in [6.45, 7) is 8.68. The summed E-state index contributed by atoms with van der Waals surface area (Å²) in [6.07, 6.45) is -0.0533. The Balaban J connectivity index is 2.19. The monoisotopic (exact) mass is 343 g/mol. The second kappa shape index (κ2) is 7.96. The lowest BCUT2D eigenvalue weighted by Gasteiger charge is -2.24. The van der Waals surface area contributed by atoms with Crippen LogP contribution in [0, 0.1) is 19.8 Å². The maximum Gasteiger partial charge on any atom is 0.305 e. The Hall–Kier alpha value is -2.63. The van der Waals surface area contributed by atoms with Crippen LogP contribution in [0.2, 0.25) is 0 Å². The Bertz CT molecular complexity index is 748. The summed E-state index contributed by atoms with van der Waals surface area (Å²) in [7, 11) is 0. The summed E-state index contributed by atoms with van der Waals surface area (Å²) in [5, 5.41) is 13.3. The van der Waals surface area contributed by atoms with E-state index in [1.807, 2.05) is 50.6 Å². The predicted molar refractivity (Wildman–Crippen MR) is 96.0 cm³/mol. The van der Waals surface area contributed by atoms with Crippen LogP contribution in [0.25, 0.3) is 5.69 Å². The number of carbonyl (C=O) groups excluding carboxylic acids is 1. The van der Waals surface area contributed by atoms with Crippen molar-refractivity contribution in [2.24, 2.45) is 5.92 Å². The van der Waals surface area contributed by atoms with Crippen molar-refractivity contribution in [2.45, 2.75) is 34.1 Å². The van der Waals surface area contributed by atoms with E-state index in [9.17, 15) is 9.59 Å². The van der Waals surface area contributed by atoms with Gasteiger partial charge in [-0.15, -0.1) is 0 Å². The van der Waals surface area contributed by atoms with E-state index in [2.05, 4.69) is 5.10 Å². The van der Waals surface area contributed by atoms with Crippen LogP contribution in [-0.2, 0) is 4.79 Å². The molecule has 134 valence electrons. The Kier molecular flexibility index (Phi) is 5.96. The second-order valence-corrected chi connectivity index (χ2v) is 6.67. The quantitative estimate of drug-likeness (QED) is 0.838. The summed E-state index contributed by atoms with van der Waals surface area (Å²) >= 11 is 0. The van der Waals surface area contributed by atoms with Gasteiger partial charge in [-0.05, 0) is 50.1 Å². The third kappa shape index (κ3) is 4.92. The third-order valence-electron chi connectivity index (χ3n) is 3.84. The topological polar surface area (TPSA) is 75.4 Å². The molecule has 0 atom stereocenters. The number of carboxylic acid groups (broad SMARTS) is 1. The second-order valence-electron chi connectivity index (χ2n) is 6.67. The molecule has 2 aromatic rings. The molecule has 0 saturated heterocycles. The van der Waals surface area contributed by atoms with E-state index < -0.39 is 5.97 Å². The number of rotatable bonds is 7. The van der Waals surface area contributed by atoms with Crippen LogP contribution in [0.4, 0.5) is 0 Å². The SMILES string of the molecule is Cc1cc(C)n(-c2ccc(C(=O)N(CCC(=O)O)CC(C)C)cc2)n1. The Morgan fingerprint density at radius 3 is 2.32 bits per heavy atom. The highest BCUT2D eigenvalue weighted by molar-refractivity contribution is 5.94. The van der Waals surface area contributed by atoms with Gasteiger partial charge in [-0.25, -0.2) is 4.68 Å². The molecule has 0 aliphatic rings. The van der Waals surface area contributed by atoms with Crippen molar-refractivity contribution < 1.29 is 14.7 Å². The molecule has 0 saturated carbocycles. The van der Waals surface area contributed by atoms with Crippen molar-refractivity contribution in [2.75, 3.05) is 13.1 Å². The van der Waals surface area contributed by atoms with E-state index in [-0.39, 0.29) is 24.8 Å². The molecule has 2 rings (SSSR count). The first-order chi connectivity index (χ1) is 11.8. The van der Waals surface area contributed by atoms with Gasteiger partial charge in [0, 0.05) is 24.3 Å². The molecule has 0 fully saturated rings. The molecule has 0 bridgehead atoms. The predicted octanol–water partition coefficient (Wildman–Crippen LogP) is 3.06. The molecular formula is C19H25N3O3. The van der Waals surface area contributed by atoms with Crippen LogP contribution in [0.3, 0.4) is 0 Å². The molecule has 1 N–H and O–H groups in total. The van der Waals surface area contributed by atoms with E-state index in [0.717, 1.165) is 17.1 Å². The maximum absolute atomic E-state index is 12.7. The van der Waals surface area contributed by atoms with Crippen LogP contribution in [0.15, 0.2) is 30.3 Å². The van der Waals surface area contributed by atoms with Gasteiger partial charge in [0.1, 0.15) is 0 Å². The smallest absolute Gasteiger partial charge is 0.305 e. The number of nitrogens with zero attached hydrogens (tertiary/aromatic N) is 3. The van der Waals surface area contributed by atoms with Crippen LogP contribution >= 0.6 is 0 Å². The summed E-state index contributed by atoms with van der Waals surface area (Å²) in [5.41, 5.74) is 3.41. The molecule has 6 heteroatoms. The molecule has 0 spiro atoms. The zero-order chi connectivity index (χ0) is 18.6. The van der Waals surface area contributed by atoms with Gasteiger partial charge in [0.15, 0.2) is 0 Å². The summed E-state index contributed by atoms with van der Waals surface area (Å²) in [6, 6.07) is 9.24. The van der Waals surface area contributed by atoms with Crippen molar-refractivity contribution in [1.29, 1.82) is 0 Å². The van der Waals surface area contributed by atoms with Gasteiger partial charge < -0.3 is 10.0 Å². The van der Waals surface area contributed by atoms with Gasteiger partial charge in [0.05, 0.1) is 17.8 Å². The standard InChI is InChI=1S/C19H25N3O3/c1-13(2)12-21(10-9-18(23)24)19(25)16-5-7-17(8-6-16)22-15(4)11-14(3)20-22/h5-8,11,13H,9-10,12H2,1-4H3,(H,23,24). The van der Waals surface area contributed by atoms with Crippen molar-refractivity contribution in [1.82, 2.24) is 14.7 Å². The average molecular weight is 343 g/mol. The number of carboxylic acids is 1. The fourth-order valence-electron chi connectivity index (χ4n) is 2.77. The van der Waals surface area contributed by atoms with Crippen molar-refractivity contribution in [3.63, 3.8) is 0 Å².